The lowest BCUT2D eigenvalue weighted by Crippen LogP contribution is -2.47. The van der Waals surface area contributed by atoms with Crippen molar-refractivity contribution < 1.29 is 14.1 Å². The van der Waals surface area contributed by atoms with Crippen molar-refractivity contribution in [2.45, 2.75) is 52.0 Å². The van der Waals surface area contributed by atoms with E-state index in [4.69, 9.17) is 9.26 Å². The number of ether oxygens (including phenoxy) is 1. The van der Waals surface area contributed by atoms with E-state index in [2.05, 4.69) is 42.7 Å². The van der Waals surface area contributed by atoms with Crippen LogP contribution in [0.2, 0.25) is 0 Å². The number of rotatable bonds is 3. The van der Waals surface area contributed by atoms with E-state index >= 15 is 0 Å². The van der Waals surface area contributed by atoms with Crippen molar-refractivity contribution in [2.75, 3.05) is 39.4 Å². The number of carbonyl (C=O) groups excluding carboxylic acids is 1. The van der Waals surface area contributed by atoms with Crippen LogP contribution in [-0.2, 0) is 14.9 Å². The number of hydrogen-bond donors (Lipinski definition) is 0. The van der Waals surface area contributed by atoms with Gasteiger partial charge in [0.1, 0.15) is 0 Å². The number of aromatic nitrogens is 2. The number of hydrogen-bond acceptors (Lipinski definition) is 6. The van der Waals surface area contributed by atoms with E-state index in [-0.39, 0.29) is 17.4 Å². The first kappa shape index (κ1) is 18.3. The molecule has 0 radical (unpaired) electrons. The zero-order valence-corrected chi connectivity index (χ0v) is 15.8. The summed E-state index contributed by atoms with van der Waals surface area (Å²) < 4.78 is 10.8. The predicted molar refractivity (Wildman–Crippen MR) is 93.1 cm³/mol. The summed E-state index contributed by atoms with van der Waals surface area (Å²) in [6, 6.07) is 0.0861. The van der Waals surface area contributed by atoms with Gasteiger partial charge in [0.25, 0.3) is 0 Å². The summed E-state index contributed by atoms with van der Waals surface area (Å²) >= 11 is 0. The maximum atomic E-state index is 12.6. The SMILES string of the molecule is CC(c1nc(C(C)(C)C)no1)N1CCC(C(=O)N2CCOCC2)CC1. The minimum atomic E-state index is -0.112. The van der Waals surface area contributed by atoms with E-state index in [0.717, 1.165) is 44.8 Å². The molecular formula is C18H30N4O3. The van der Waals surface area contributed by atoms with Gasteiger partial charge in [0.2, 0.25) is 11.8 Å². The van der Waals surface area contributed by atoms with Gasteiger partial charge in [-0.1, -0.05) is 25.9 Å². The van der Waals surface area contributed by atoms with E-state index in [9.17, 15) is 4.79 Å². The maximum Gasteiger partial charge on any atom is 0.243 e. The van der Waals surface area contributed by atoms with Crippen LogP contribution in [0, 0.1) is 5.92 Å². The largest absolute Gasteiger partial charge is 0.378 e. The second kappa shape index (κ2) is 7.41. The summed E-state index contributed by atoms with van der Waals surface area (Å²) in [7, 11) is 0. The molecule has 2 aliphatic rings. The first-order chi connectivity index (χ1) is 11.9. The van der Waals surface area contributed by atoms with E-state index in [1.807, 2.05) is 4.90 Å². The summed E-state index contributed by atoms with van der Waals surface area (Å²) in [5, 5.41) is 4.12. The van der Waals surface area contributed by atoms with E-state index < -0.39 is 0 Å². The first-order valence-corrected chi connectivity index (χ1v) is 9.31. The third kappa shape index (κ3) is 4.20. The molecule has 0 saturated carbocycles. The Balaban J connectivity index is 1.54. The van der Waals surface area contributed by atoms with Crippen LogP contribution in [0.1, 0.15) is 58.3 Å². The van der Waals surface area contributed by atoms with Crippen molar-refractivity contribution in [1.29, 1.82) is 0 Å². The molecule has 0 spiro atoms. The normalized spacial score (nSPS) is 22.2. The molecule has 0 bridgehead atoms. The zero-order valence-electron chi connectivity index (χ0n) is 15.8. The Morgan fingerprint density at radius 1 is 1.16 bits per heavy atom. The molecule has 25 heavy (non-hydrogen) atoms. The Labute approximate surface area is 149 Å². The molecule has 1 aromatic rings. The highest BCUT2D eigenvalue weighted by Crippen LogP contribution is 2.28. The number of carbonyl (C=O) groups is 1. The van der Waals surface area contributed by atoms with Gasteiger partial charge >= 0.3 is 0 Å². The molecule has 2 aliphatic heterocycles. The molecule has 0 aromatic carbocycles. The fourth-order valence-electron chi connectivity index (χ4n) is 3.44. The van der Waals surface area contributed by atoms with Crippen molar-refractivity contribution in [3.63, 3.8) is 0 Å². The van der Waals surface area contributed by atoms with Crippen LogP contribution < -0.4 is 0 Å². The van der Waals surface area contributed by atoms with Gasteiger partial charge in [0.15, 0.2) is 5.82 Å². The van der Waals surface area contributed by atoms with E-state index in [1.54, 1.807) is 0 Å². The van der Waals surface area contributed by atoms with Crippen LogP contribution >= 0.6 is 0 Å². The smallest absolute Gasteiger partial charge is 0.243 e. The Bertz CT molecular complexity index is 581. The molecule has 1 unspecified atom stereocenters. The number of nitrogens with zero attached hydrogens (tertiary/aromatic N) is 4. The molecule has 140 valence electrons. The summed E-state index contributed by atoms with van der Waals surface area (Å²) in [4.78, 5) is 21.5. The van der Waals surface area contributed by atoms with Gasteiger partial charge in [-0.15, -0.1) is 0 Å². The number of likely N-dealkylation sites (tertiary alicyclic amines) is 1. The Morgan fingerprint density at radius 3 is 2.36 bits per heavy atom. The van der Waals surface area contributed by atoms with Crippen LogP contribution in [-0.4, -0.2) is 65.2 Å². The summed E-state index contributed by atoms with van der Waals surface area (Å²) in [6.45, 7) is 12.9. The van der Waals surface area contributed by atoms with Crippen molar-refractivity contribution in [3.8, 4) is 0 Å². The highest BCUT2D eigenvalue weighted by molar-refractivity contribution is 5.79. The molecule has 3 rings (SSSR count). The summed E-state index contributed by atoms with van der Waals surface area (Å²) in [6.07, 6.45) is 1.78. The zero-order chi connectivity index (χ0) is 18.0. The number of amides is 1. The van der Waals surface area contributed by atoms with Crippen LogP contribution in [0.3, 0.4) is 0 Å². The molecule has 1 atom stereocenters. The maximum absolute atomic E-state index is 12.6. The van der Waals surface area contributed by atoms with Crippen molar-refractivity contribution >= 4 is 5.91 Å². The number of piperidine rings is 1. The van der Waals surface area contributed by atoms with Crippen LogP contribution in [0.15, 0.2) is 4.52 Å². The molecule has 7 nitrogen and oxygen atoms in total. The Morgan fingerprint density at radius 2 is 1.80 bits per heavy atom. The average molecular weight is 350 g/mol. The minimum Gasteiger partial charge on any atom is -0.378 e. The lowest BCUT2D eigenvalue weighted by molar-refractivity contribution is -0.141. The molecule has 0 aliphatic carbocycles. The van der Waals surface area contributed by atoms with E-state index in [1.165, 1.54) is 0 Å². The second-order valence-electron chi connectivity index (χ2n) is 8.13. The van der Waals surface area contributed by atoms with Gasteiger partial charge in [-0.3, -0.25) is 9.69 Å². The van der Waals surface area contributed by atoms with Gasteiger partial charge in [-0.2, -0.15) is 4.98 Å². The summed E-state index contributed by atoms with van der Waals surface area (Å²) in [5.41, 5.74) is -0.112. The second-order valence-corrected chi connectivity index (χ2v) is 8.13. The molecule has 3 heterocycles. The van der Waals surface area contributed by atoms with Gasteiger partial charge in [0.05, 0.1) is 19.3 Å². The van der Waals surface area contributed by atoms with Crippen LogP contribution in [0.5, 0.6) is 0 Å². The summed E-state index contributed by atoms with van der Waals surface area (Å²) in [5.74, 6) is 1.84. The third-order valence-electron chi connectivity index (χ3n) is 5.22. The predicted octanol–water partition coefficient (Wildman–Crippen LogP) is 2.00. The average Bonchev–Trinajstić information content (AvgIpc) is 3.12. The molecule has 2 saturated heterocycles. The third-order valence-corrected chi connectivity index (χ3v) is 5.22. The molecule has 1 amide bonds. The topological polar surface area (TPSA) is 71.7 Å². The fraction of sp³-hybridized carbons (Fsp3) is 0.833. The van der Waals surface area contributed by atoms with Gasteiger partial charge in [-0.05, 0) is 32.9 Å². The van der Waals surface area contributed by atoms with Gasteiger partial charge in [-0.25, -0.2) is 0 Å². The fourth-order valence-corrected chi connectivity index (χ4v) is 3.44. The van der Waals surface area contributed by atoms with Crippen molar-refractivity contribution in [3.05, 3.63) is 11.7 Å². The van der Waals surface area contributed by atoms with Gasteiger partial charge < -0.3 is 14.2 Å². The van der Waals surface area contributed by atoms with Crippen LogP contribution in [0.25, 0.3) is 0 Å². The molecule has 0 N–H and O–H groups in total. The lowest BCUT2D eigenvalue weighted by atomic mass is 9.94. The van der Waals surface area contributed by atoms with Crippen LogP contribution in [0.4, 0.5) is 0 Å². The van der Waals surface area contributed by atoms with E-state index in [0.29, 0.717) is 25.0 Å². The molecular weight excluding hydrogens is 320 g/mol. The Hall–Kier alpha value is -1.47. The van der Waals surface area contributed by atoms with Crippen molar-refractivity contribution in [2.24, 2.45) is 5.92 Å². The van der Waals surface area contributed by atoms with Gasteiger partial charge in [0, 0.05) is 24.4 Å². The molecule has 2 fully saturated rings. The highest BCUT2D eigenvalue weighted by atomic mass is 16.5. The minimum absolute atomic E-state index is 0.0861. The monoisotopic (exact) mass is 350 g/mol. The quantitative estimate of drug-likeness (QED) is 0.830. The molecule has 7 heteroatoms. The standard InChI is InChI=1S/C18H30N4O3/c1-13(15-19-17(20-25-15)18(2,3)4)21-7-5-14(6-8-21)16(23)22-9-11-24-12-10-22/h13-14H,5-12H2,1-4H3. The highest BCUT2D eigenvalue weighted by Gasteiger charge is 2.33. The Kier molecular flexibility index (Phi) is 5.43. The number of morpholine rings is 1. The van der Waals surface area contributed by atoms with Crippen molar-refractivity contribution in [1.82, 2.24) is 19.9 Å². The molecule has 1 aromatic heterocycles. The first-order valence-electron chi connectivity index (χ1n) is 9.31. The lowest BCUT2D eigenvalue weighted by Gasteiger charge is -2.37.